The van der Waals surface area contributed by atoms with Crippen LogP contribution in [0.4, 0.5) is 0 Å². The number of amides is 1. The first-order valence-corrected chi connectivity index (χ1v) is 9.58. The maximum atomic E-state index is 12.6. The molecular formula is C20H18N8O4. The minimum Gasteiger partial charge on any atom is -0.478 e. The van der Waals surface area contributed by atoms with Gasteiger partial charge in [-0.25, -0.2) is 19.4 Å². The Labute approximate surface area is 180 Å². The van der Waals surface area contributed by atoms with Gasteiger partial charge in [0.2, 0.25) is 0 Å². The maximum absolute atomic E-state index is 12.6. The van der Waals surface area contributed by atoms with Gasteiger partial charge in [-0.15, -0.1) is 5.10 Å². The average Bonchev–Trinajstić information content (AvgIpc) is 3.21. The molecule has 0 bridgehead atoms. The summed E-state index contributed by atoms with van der Waals surface area (Å²) in [6.45, 7) is 3.78. The van der Waals surface area contributed by atoms with Crippen LogP contribution in [0.5, 0.6) is 0 Å². The molecule has 162 valence electrons. The van der Waals surface area contributed by atoms with E-state index in [4.69, 9.17) is 5.11 Å². The normalized spacial score (nSPS) is 11.9. The van der Waals surface area contributed by atoms with Crippen molar-refractivity contribution in [2.45, 2.75) is 26.4 Å². The van der Waals surface area contributed by atoms with Crippen LogP contribution in [-0.2, 0) is 6.54 Å². The average molecular weight is 434 g/mol. The fourth-order valence-corrected chi connectivity index (χ4v) is 3.07. The Balaban J connectivity index is 1.43. The number of rotatable bonds is 6. The van der Waals surface area contributed by atoms with Gasteiger partial charge in [0.25, 0.3) is 11.5 Å². The summed E-state index contributed by atoms with van der Waals surface area (Å²) in [5.74, 6) is -1.03. The number of pyridine rings is 2. The number of aromatic nitrogens is 7. The highest BCUT2D eigenvalue weighted by Crippen LogP contribution is 2.14. The summed E-state index contributed by atoms with van der Waals surface area (Å²) in [7, 11) is 0. The number of aromatic amines is 1. The molecule has 4 aromatic heterocycles. The third-order valence-electron chi connectivity index (χ3n) is 4.55. The number of nitrogens with one attached hydrogen (secondary N) is 2. The van der Waals surface area contributed by atoms with Gasteiger partial charge in [0, 0.05) is 12.2 Å². The molecule has 0 radical (unpaired) electrons. The molecule has 3 N–H and O–H groups in total. The molecule has 0 aliphatic heterocycles. The molecule has 12 heteroatoms. The molecule has 0 fully saturated rings. The van der Waals surface area contributed by atoms with Gasteiger partial charge in [-0.2, -0.15) is 0 Å². The lowest BCUT2D eigenvalue weighted by molar-refractivity contribution is 0.0696. The van der Waals surface area contributed by atoms with Crippen molar-refractivity contribution in [1.29, 1.82) is 0 Å². The summed E-state index contributed by atoms with van der Waals surface area (Å²) in [5, 5.41) is 19.8. The number of hydrogen-bond acceptors (Lipinski definition) is 8. The van der Waals surface area contributed by atoms with Crippen molar-refractivity contribution in [3.8, 4) is 11.4 Å². The zero-order valence-electron chi connectivity index (χ0n) is 17.1. The first-order chi connectivity index (χ1) is 15.3. The van der Waals surface area contributed by atoms with Gasteiger partial charge in [0.15, 0.2) is 5.52 Å². The summed E-state index contributed by atoms with van der Waals surface area (Å²) in [6, 6.07) is 5.75. The lowest BCUT2D eigenvalue weighted by Crippen LogP contribution is -2.36. The van der Waals surface area contributed by atoms with Crippen molar-refractivity contribution in [3.63, 3.8) is 0 Å². The van der Waals surface area contributed by atoms with Gasteiger partial charge >= 0.3 is 5.97 Å². The molecule has 32 heavy (non-hydrogen) atoms. The fraction of sp³-hybridized carbons (Fsp3) is 0.200. The number of carbonyl (C=O) groups is 2. The van der Waals surface area contributed by atoms with E-state index in [1.165, 1.54) is 23.0 Å². The van der Waals surface area contributed by atoms with Gasteiger partial charge < -0.3 is 15.4 Å². The largest absolute Gasteiger partial charge is 0.478 e. The molecule has 4 heterocycles. The molecule has 0 aliphatic rings. The van der Waals surface area contributed by atoms with Crippen molar-refractivity contribution in [2.75, 3.05) is 0 Å². The standard InChI is InChI=1S/C20H18N8O4/c1-10(8-28-9-16(26-27-28)13-4-3-12(7-21-13)20(31)32)22-18(29)15-6-5-14-17(25-15)19(30)24-11(2)23-14/h3-7,9-10H,8H2,1-2H3,(H,22,29)(H,31,32)(H,23,24,30)/t10-/m1/s1. The van der Waals surface area contributed by atoms with Gasteiger partial charge in [0.05, 0.1) is 29.5 Å². The van der Waals surface area contributed by atoms with Crippen LogP contribution < -0.4 is 10.9 Å². The quantitative estimate of drug-likeness (QED) is 0.397. The molecule has 0 spiro atoms. The Morgan fingerprint density at radius 3 is 2.72 bits per heavy atom. The van der Waals surface area contributed by atoms with Gasteiger partial charge in [-0.3, -0.25) is 14.6 Å². The van der Waals surface area contributed by atoms with E-state index in [0.717, 1.165) is 0 Å². The highest BCUT2D eigenvalue weighted by Gasteiger charge is 2.15. The topological polar surface area (TPSA) is 169 Å². The van der Waals surface area contributed by atoms with Crippen LogP contribution in [-0.4, -0.2) is 58.0 Å². The van der Waals surface area contributed by atoms with E-state index in [1.54, 1.807) is 32.2 Å². The Morgan fingerprint density at radius 1 is 1.19 bits per heavy atom. The van der Waals surface area contributed by atoms with E-state index >= 15 is 0 Å². The Hall–Kier alpha value is -4.48. The van der Waals surface area contributed by atoms with E-state index in [1.807, 2.05) is 0 Å². The van der Waals surface area contributed by atoms with Crippen molar-refractivity contribution in [1.82, 2.24) is 40.2 Å². The summed E-state index contributed by atoms with van der Waals surface area (Å²) in [4.78, 5) is 50.5. The molecule has 12 nitrogen and oxygen atoms in total. The van der Waals surface area contributed by atoms with Crippen molar-refractivity contribution in [2.24, 2.45) is 0 Å². The Bertz CT molecular complexity index is 1380. The first kappa shape index (κ1) is 20.8. The monoisotopic (exact) mass is 434 g/mol. The highest BCUT2D eigenvalue weighted by molar-refractivity contribution is 5.94. The Morgan fingerprint density at radius 2 is 2.00 bits per heavy atom. The molecule has 0 aliphatic carbocycles. The zero-order valence-corrected chi connectivity index (χ0v) is 17.1. The third-order valence-corrected chi connectivity index (χ3v) is 4.55. The van der Waals surface area contributed by atoms with Crippen LogP contribution in [0.2, 0.25) is 0 Å². The predicted molar refractivity (Wildman–Crippen MR) is 112 cm³/mol. The molecule has 0 aromatic carbocycles. The van der Waals surface area contributed by atoms with Crippen LogP contribution in [0.1, 0.15) is 33.6 Å². The molecule has 1 atom stereocenters. The maximum Gasteiger partial charge on any atom is 0.337 e. The second-order valence-electron chi connectivity index (χ2n) is 7.15. The van der Waals surface area contributed by atoms with Crippen LogP contribution in [0.25, 0.3) is 22.4 Å². The molecule has 4 aromatic rings. The SMILES string of the molecule is Cc1nc2ccc(C(=O)N[C@H](C)Cn3cc(-c4ccc(C(=O)O)cn4)nn3)nc2c(=O)[nH]1. The molecular weight excluding hydrogens is 416 g/mol. The van der Waals surface area contributed by atoms with Gasteiger partial charge in [0.1, 0.15) is 17.2 Å². The second kappa shape index (κ2) is 8.34. The number of nitrogens with zero attached hydrogens (tertiary/aromatic N) is 6. The summed E-state index contributed by atoms with van der Waals surface area (Å²) in [6.07, 6.45) is 2.89. The van der Waals surface area contributed by atoms with E-state index in [0.29, 0.717) is 29.3 Å². The van der Waals surface area contributed by atoms with Crippen LogP contribution in [0.15, 0.2) is 41.5 Å². The number of fused-ring (bicyclic) bond motifs is 1. The molecule has 0 saturated heterocycles. The number of H-pyrrole nitrogens is 1. The smallest absolute Gasteiger partial charge is 0.337 e. The van der Waals surface area contributed by atoms with Crippen molar-refractivity contribution >= 4 is 22.9 Å². The number of carbonyl (C=O) groups excluding carboxylic acids is 1. The van der Waals surface area contributed by atoms with Gasteiger partial charge in [-0.05, 0) is 38.1 Å². The molecule has 4 rings (SSSR count). The number of aryl methyl sites for hydroxylation is 1. The summed E-state index contributed by atoms with van der Waals surface area (Å²) < 4.78 is 1.54. The number of carboxylic acid groups (broad SMARTS) is 1. The van der Waals surface area contributed by atoms with E-state index in [-0.39, 0.29) is 22.8 Å². The third kappa shape index (κ3) is 4.33. The number of carboxylic acids is 1. The number of hydrogen-bond donors (Lipinski definition) is 3. The number of aromatic carboxylic acids is 1. The van der Waals surface area contributed by atoms with Crippen LogP contribution in [0, 0.1) is 6.92 Å². The highest BCUT2D eigenvalue weighted by atomic mass is 16.4. The first-order valence-electron chi connectivity index (χ1n) is 9.58. The predicted octanol–water partition coefficient (Wildman–Crippen LogP) is 0.797. The zero-order chi connectivity index (χ0) is 22.8. The minimum atomic E-state index is -1.06. The lowest BCUT2D eigenvalue weighted by Gasteiger charge is -2.13. The van der Waals surface area contributed by atoms with E-state index < -0.39 is 17.4 Å². The molecule has 1 amide bonds. The lowest BCUT2D eigenvalue weighted by atomic mass is 10.2. The summed E-state index contributed by atoms with van der Waals surface area (Å²) in [5.41, 5.74) is 1.23. The second-order valence-corrected chi connectivity index (χ2v) is 7.15. The Kier molecular flexibility index (Phi) is 5.41. The molecule has 0 unspecified atom stereocenters. The van der Waals surface area contributed by atoms with Crippen molar-refractivity contribution < 1.29 is 14.7 Å². The summed E-state index contributed by atoms with van der Waals surface area (Å²) >= 11 is 0. The van der Waals surface area contributed by atoms with E-state index in [9.17, 15) is 14.4 Å². The van der Waals surface area contributed by atoms with Crippen molar-refractivity contribution in [3.05, 3.63) is 64.1 Å². The van der Waals surface area contributed by atoms with Crippen LogP contribution >= 0.6 is 0 Å². The van der Waals surface area contributed by atoms with E-state index in [2.05, 4.69) is 35.6 Å². The molecule has 0 saturated carbocycles. The minimum absolute atomic E-state index is 0.0766. The van der Waals surface area contributed by atoms with Crippen LogP contribution in [0.3, 0.4) is 0 Å². The van der Waals surface area contributed by atoms with Gasteiger partial charge in [-0.1, -0.05) is 5.21 Å². The fourth-order valence-electron chi connectivity index (χ4n) is 3.07.